The smallest absolute Gasteiger partial charge is 0.211 e. The number of nitrogens with zero attached hydrogens (tertiary/aromatic N) is 3. The molecule has 5 heteroatoms. The van der Waals surface area contributed by atoms with Gasteiger partial charge in [0, 0.05) is 6.54 Å². The van der Waals surface area contributed by atoms with E-state index in [1.807, 2.05) is 11.6 Å². The van der Waals surface area contributed by atoms with Crippen LogP contribution in [0.3, 0.4) is 0 Å². The summed E-state index contributed by atoms with van der Waals surface area (Å²) in [4.78, 5) is 4.35. The second-order valence-electron chi connectivity index (χ2n) is 4.53. The fraction of sp³-hybridized carbons (Fsp3) is 0.571. The van der Waals surface area contributed by atoms with E-state index in [0.717, 1.165) is 42.5 Å². The van der Waals surface area contributed by atoms with Gasteiger partial charge in [-0.25, -0.2) is 4.98 Å². The molecule has 0 aliphatic rings. The van der Waals surface area contributed by atoms with Gasteiger partial charge in [0.25, 0.3) is 0 Å². The summed E-state index contributed by atoms with van der Waals surface area (Å²) in [6.45, 7) is 10.0. The van der Waals surface area contributed by atoms with Crippen molar-refractivity contribution < 1.29 is 4.42 Å². The third kappa shape index (κ3) is 2.87. The van der Waals surface area contributed by atoms with E-state index in [9.17, 15) is 0 Å². The highest BCUT2D eigenvalue weighted by Crippen LogP contribution is 2.24. The van der Waals surface area contributed by atoms with Gasteiger partial charge < -0.3 is 9.73 Å². The molecule has 1 N–H and O–H groups in total. The Morgan fingerprint density at radius 2 is 2.16 bits per heavy atom. The van der Waals surface area contributed by atoms with Crippen LogP contribution in [0.5, 0.6) is 0 Å². The third-order valence-corrected chi connectivity index (χ3v) is 3.15. The second kappa shape index (κ2) is 6.02. The van der Waals surface area contributed by atoms with Crippen LogP contribution < -0.4 is 5.32 Å². The van der Waals surface area contributed by atoms with Gasteiger partial charge in [-0.15, -0.1) is 0 Å². The minimum absolute atomic E-state index is 0.127. The Balaban J connectivity index is 2.29. The van der Waals surface area contributed by atoms with Crippen molar-refractivity contribution in [2.75, 3.05) is 6.54 Å². The second-order valence-corrected chi connectivity index (χ2v) is 4.53. The van der Waals surface area contributed by atoms with Crippen LogP contribution in [-0.2, 0) is 13.0 Å². The van der Waals surface area contributed by atoms with E-state index in [4.69, 9.17) is 4.42 Å². The maximum absolute atomic E-state index is 5.85. The highest BCUT2D eigenvalue weighted by Gasteiger charge is 2.15. The molecule has 104 valence electrons. The van der Waals surface area contributed by atoms with Crippen LogP contribution in [0.4, 0.5) is 0 Å². The number of aryl methyl sites for hydroxylation is 2. The van der Waals surface area contributed by atoms with Gasteiger partial charge in [-0.2, -0.15) is 5.10 Å². The zero-order chi connectivity index (χ0) is 13.8. The van der Waals surface area contributed by atoms with Crippen LogP contribution in [0.2, 0.25) is 0 Å². The first-order chi connectivity index (χ1) is 9.19. The summed E-state index contributed by atoms with van der Waals surface area (Å²) in [5.41, 5.74) is 2.08. The number of rotatable bonds is 6. The molecule has 0 bridgehead atoms. The van der Waals surface area contributed by atoms with E-state index in [0.29, 0.717) is 0 Å². The highest BCUT2D eigenvalue weighted by molar-refractivity contribution is 5.52. The van der Waals surface area contributed by atoms with Gasteiger partial charge in [0.1, 0.15) is 5.69 Å². The molecular formula is C14H22N4O. The Morgan fingerprint density at radius 3 is 2.79 bits per heavy atom. The molecule has 2 heterocycles. The maximum atomic E-state index is 5.85. The van der Waals surface area contributed by atoms with Crippen LogP contribution >= 0.6 is 0 Å². The fourth-order valence-corrected chi connectivity index (χ4v) is 2.08. The normalized spacial score (nSPS) is 12.8. The zero-order valence-electron chi connectivity index (χ0n) is 12.1. The molecule has 0 radical (unpaired) electrons. The number of hydrogen-bond acceptors (Lipinski definition) is 4. The lowest BCUT2D eigenvalue weighted by Crippen LogP contribution is -2.17. The molecule has 5 nitrogen and oxygen atoms in total. The highest BCUT2D eigenvalue weighted by atomic mass is 16.4. The first-order valence-corrected chi connectivity index (χ1v) is 6.95. The van der Waals surface area contributed by atoms with Gasteiger partial charge >= 0.3 is 0 Å². The Kier molecular flexibility index (Phi) is 4.37. The topological polar surface area (TPSA) is 55.9 Å². The third-order valence-electron chi connectivity index (χ3n) is 3.15. The first kappa shape index (κ1) is 13.8. The van der Waals surface area contributed by atoms with Crippen molar-refractivity contribution >= 4 is 0 Å². The van der Waals surface area contributed by atoms with Gasteiger partial charge in [0.2, 0.25) is 5.89 Å². The van der Waals surface area contributed by atoms with Gasteiger partial charge in [-0.05, 0) is 32.9 Å². The zero-order valence-corrected chi connectivity index (χ0v) is 12.1. The SMILES string of the molecule is CCNC(C)c1ncc(-c2cc(CC)nn2CC)o1. The number of hydrogen-bond donors (Lipinski definition) is 1. The summed E-state index contributed by atoms with van der Waals surface area (Å²) in [7, 11) is 0. The monoisotopic (exact) mass is 262 g/mol. The van der Waals surface area contributed by atoms with Crippen molar-refractivity contribution in [2.45, 2.75) is 46.7 Å². The molecule has 1 atom stereocenters. The molecule has 2 aromatic heterocycles. The standard InChI is InChI=1S/C14H22N4O/c1-5-11-8-12(18(7-3)17-11)13-9-16-14(19-13)10(4)15-6-2/h8-10,15H,5-7H2,1-4H3. The van der Waals surface area contributed by atoms with Crippen LogP contribution in [0.15, 0.2) is 16.7 Å². The molecule has 0 amide bonds. The summed E-state index contributed by atoms with van der Waals surface area (Å²) in [6.07, 6.45) is 2.71. The average molecular weight is 262 g/mol. The minimum atomic E-state index is 0.127. The predicted octanol–water partition coefficient (Wildman–Crippen LogP) is 2.79. The molecule has 0 aromatic carbocycles. The van der Waals surface area contributed by atoms with E-state index < -0.39 is 0 Å². The molecule has 0 spiro atoms. The Bertz CT molecular complexity index is 529. The summed E-state index contributed by atoms with van der Waals surface area (Å²) >= 11 is 0. The molecule has 2 aromatic rings. The van der Waals surface area contributed by atoms with Crippen molar-refractivity contribution in [3.05, 3.63) is 23.8 Å². The minimum Gasteiger partial charge on any atom is -0.437 e. The molecule has 0 fully saturated rings. The van der Waals surface area contributed by atoms with Crippen molar-refractivity contribution in [3.8, 4) is 11.5 Å². The molecule has 0 aliphatic carbocycles. The summed E-state index contributed by atoms with van der Waals surface area (Å²) in [6, 6.07) is 2.20. The molecule has 2 rings (SSSR count). The lowest BCUT2D eigenvalue weighted by atomic mass is 10.3. The fourth-order valence-electron chi connectivity index (χ4n) is 2.08. The molecule has 19 heavy (non-hydrogen) atoms. The van der Waals surface area contributed by atoms with Crippen LogP contribution in [0, 0.1) is 0 Å². The Morgan fingerprint density at radius 1 is 1.37 bits per heavy atom. The van der Waals surface area contributed by atoms with E-state index in [1.54, 1.807) is 6.20 Å². The van der Waals surface area contributed by atoms with Crippen LogP contribution in [-0.4, -0.2) is 21.3 Å². The maximum Gasteiger partial charge on any atom is 0.211 e. The lowest BCUT2D eigenvalue weighted by molar-refractivity contribution is 0.426. The van der Waals surface area contributed by atoms with Gasteiger partial charge in [0.15, 0.2) is 5.76 Å². The first-order valence-electron chi connectivity index (χ1n) is 6.95. The summed E-state index contributed by atoms with van der Waals surface area (Å²) < 4.78 is 7.81. The number of aromatic nitrogens is 3. The molecular weight excluding hydrogens is 240 g/mol. The van der Waals surface area contributed by atoms with Crippen molar-refractivity contribution in [3.63, 3.8) is 0 Å². The van der Waals surface area contributed by atoms with Crippen molar-refractivity contribution in [2.24, 2.45) is 0 Å². The lowest BCUT2D eigenvalue weighted by Gasteiger charge is -2.07. The average Bonchev–Trinajstić information content (AvgIpc) is 3.05. The van der Waals surface area contributed by atoms with Gasteiger partial charge in [-0.3, -0.25) is 4.68 Å². The van der Waals surface area contributed by atoms with E-state index in [2.05, 4.69) is 42.2 Å². The quantitative estimate of drug-likeness (QED) is 0.869. The van der Waals surface area contributed by atoms with E-state index >= 15 is 0 Å². The van der Waals surface area contributed by atoms with Gasteiger partial charge in [-0.1, -0.05) is 13.8 Å². The van der Waals surface area contributed by atoms with Crippen LogP contribution in [0.1, 0.15) is 45.3 Å². The molecule has 1 unspecified atom stereocenters. The predicted molar refractivity (Wildman–Crippen MR) is 74.9 cm³/mol. The molecule has 0 saturated heterocycles. The van der Waals surface area contributed by atoms with Gasteiger partial charge in [0.05, 0.1) is 17.9 Å². The summed E-state index contributed by atoms with van der Waals surface area (Å²) in [5.74, 6) is 1.51. The number of oxazole rings is 1. The molecule has 0 aliphatic heterocycles. The van der Waals surface area contributed by atoms with Crippen molar-refractivity contribution in [1.29, 1.82) is 0 Å². The largest absolute Gasteiger partial charge is 0.437 e. The summed E-state index contributed by atoms with van der Waals surface area (Å²) in [5, 5.41) is 7.82. The van der Waals surface area contributed by atoms with E-state index in [1.165, 1.54) is 0 Å². The number of nitrogens with one attached hydrogen (secondary N) is 1. The Hall–Kier alpha value is -1.62. The van der Waals surface area contributed by atoms with Crippen LogP contribution in [0.25, 0.3) is 11.5 Å². The van der Waals surface area contributed by atoms with E-state index in [-0.39, 0.29) is 6.04 Å². The Labute approximate surface area is 114 Å². The molecule has 0 saturated carbocycles. The van der Waals surface area contributed by atoms with Crippen molar-refractivity contribution in [1.82, 2.24) is 20.1 Å².